The van der Waals surface area contributed by atoms with Gasteiger partial charge in [-0.1, -0.05) is 30.3 Å². The Labute approximate surface area is 193 Å². The first-order valence-corrected chi connectivity index (χ1v) is 11.0. The van der Waals surface area contributed by atoms with E-state index >= 15 is 0 Å². The highest BCUT2D eigenvalue weighted by Gasteiger charge is 2.36. The van der Waals surface area contributed by atoms with Crippen molar-refractivity contribution in [3.8, 4) is 11.5 Å². The van der Waals surface area contributed by atoms with E-state index < -0.39 is 23.6 Å². The van der Waals surface area contributed by atoms with Crippen molar-refractivity contribution in [2.75, 3.05) is 13.7 Å². The lowest BCUT2D eigenvalue weighted by atomic mass is 10.1. The second kappa shape index (κ2) is 9.67. The summed E-state index contributed by atoms with van der Waals surface area (Å²) >= 11 is 7.74. The van der Waals surface area contributed by atoms with Gasteiger partial charge in [0.15, 0.2) is 11.5 Å². The standard InChI is InChI=1S/C20H16Br2N2O5S/c1-28-13-7-12(8-14-19(26)24(9-15(23)25)20(27)30-14)16(21)17(22)18(13)29-10-11-5-3-2-4-6-11/h2-8H,9-10H2,1H3,(H2,23,25)/b14-8-. The van der Waals surface area contributed by atoms with Gasteiger partial charge in [0.25, 0.3) is 11.1 Å². The van der Waals surface area contributed by atoms with Crippen LogP contribution in [0.15, 0.2) is 50.2 Å². The van der Waals surface area contributed by atoms with Crippen LogP contribution in [-0.2, 0) is 16.2 Å². The first kappa shape index (κ1) is 22.4. The van der Waals surface area contributed by atoms with Crippen molar-refractivity contribution in [2.24, 2.45) is 5.73 Å². The molecular formula is C20H16Br2N2O5S. The Hall–Kier alpha value is -2.30. The third kappa shape index (κ3) is 4.88. The lowest BCUT2D eigenvalue weighted by Crippen LogP contribution is -2.36. The van der Waals surface area contributed by atoms with Crippen molar-refractivity contribution in [2.45, 2.75) is 6.61 Å². The van der Waals surface area contributed by atoms with E-state index in [9.17, 15) is 14.4 Å². The van der Waals surface area contributed by atoms with E-state index in [1.807, 2.05) is 30.3 Å². The Balaban J connectivity index is 1.90. The van der Waals surface area contributed by atoms with Crippen LogP contribution in [0.2, 0.25) is 0 Å². The fourth-order valence-corrected chi connectivity index (χ4v) is 4.44. The number of amides is 3. The Bertz CT molecular complexity index is 1040. The maximum atomic E-state index is 12.5. The highest BCUT2D eigenvalue weighted by molar-refractivity contribution is 9.13. The molecule has 0 aliphatic carbocycles. The molecule has 0 aromatic heterocycles. The molecule has 1 aliphatic rings. The van der Waals surface area contributed by atoms with E-state index in [1.54, 1.807) is 12.1 Å². The smallest absolute Gasteiger partial charge is 0.294 e. The number of nitrogens with two attached hydrogens (primary N) is 1. The molecule has 0 radical (unpaired) electrons. The number of carbonyl (C=O) groups is 3. The summed E-state index contributed by atoms with van der Waals surface area (Å²) in [6.07, 6.45) is 1.55. The van der Waals surface area contributed by atoms with Crippen LogP contribution < -0.4 is 15.2 Å². The van der Waals surface area contributed by atoms with Crippen molar-refractivity contribution in [1.82, 2.24) is 4.90 Å². The SMILES string of the molecule is COc1cc(/C=C2\SC(=O)N(CC(N)=O)C2=O)c(Br)c(Br)c1OCc1ccccc1. The van der Waals surface area contributed by atoms with E-state index in [-0.39, 0.29) is 4.91 Å². The van der Waals surface area contributed by atoms with Gasteiger partial charge in [0.1, 0.15) is 13.2 Å². The molecule has 7 nitrogen and oxygen atoms in total. The number of nitrogens with zero attached hydrogens (tertiary/aromatic N) is 1. The molecule has 30 heavy (non-hydrogen) atoms. The monoisotopic (exact) mass is 554 g/mol. The van der Waals surface area contributed by atoms with Crippen molar-refractivity contribution in [3.05, 3.63) is 61.4 Å². The van der Waals surface area contributed by atoms with Gasteiger partial charge in [-0.15, -0.1) is 0 Å². The zero-order valence-electron chi connectivity index (χ0n) is 15.7. The molecule has 0 saturated carbocycles. The number of imide groups is 1. The number of methoxy groups -OCH3 is 1. The molecular weight excluding hydrogens is 540 g/mol. The molecule has 2 aromatic rings. The number of halogens is 2. The summed E-state index contributed by atoms with van der Waals surface area (Å²) in [7, 11) is 1.51. The summed E-state index contributed by atoms with van der Waals surface area (Å²) in [6.45, 7) is -0.115. The van der Waals surface area contributed by atoms with E-state index in [0.29, 0.717) is 32.6 Å². The molecule has 0 atom stereocenters. The number of hydrogen-bond donors (Lipinski definition) is 1. The Kier molecular flexibility index (Phi) is 7.22. The molecule has 0 unspecified atom stereocenters. The second-order valence-corrected chi connectivity index (χ2v) is 8.71. The topological polar surface area (TPSA) is 98.9 Å². The Morgan fingerprint density at radius 3 is 2.53 bits per heavy atom. The summed E-state index contributed by atoms with van der Waals surface area (Å²) in [5, 5.41) is -0.546. The quantitative estimate of drug-likeness (QED) is 0.511. The lowest BCUT2D eigenvalue weighted by molar-refractivity contribution is -0.127. The molecule has 1 heterocycles. The van der Waals surface area contributed by atoms with E-state index in [2.05, 4.69) is 31.9 Å². The summed E-state index contributed by atoms with van der Waals surface area (Å²) in [5.41, 5.74) is 6.69. The molecule has 156 valence electrons. The molecule has 0 spiro atoms. The van der Waals surface area contributed by atoms with Gasteiger partial charge in [0.05, 0.1) is 16.5 Å². The summed E-state index contributed by atoms with van der Waals surface area (Å²) in [5.74, 6) is -0.393. The minimum absolute atomic E-state index is 0.175. The van der Waals surface area contributed by atoms with Crippen LogP contribution in [0.25, 0.3) is 6.08 Å². The minimum Gasteiger partial charge on any atom is -0.493 e. The van der Waals surface area contributed by atoms with Gasteiger partial charge in [-0.3, -0.25) is 19.3 Å². The van der Waals surface area contributed by atoms with Crippen molar-refractivity contribution in [3.63, 3.8) is 0 Å². The van der Waals surface area contributed by atoms with Gasteiger partial charge in [0.2, 0.25) is 5.91 Å². The summed E-state index contributed by atoms with van der Waals surface area (Å²) in [6, 6.07) is 11.4. The van der Waals surface area contributed by atoms with Crippen molar-refractivity contribution < 1.29 is 23.9 Å². The predicted octanol–water partition coefficient (Wildman–Crippen LogP) is 4.32. The number of benzene rings is 2. The van der Waals surface area contributed by atoms with Gasteiger partial charge >= 0.3 is 0 Å². The highest BCUT2D eigenvalue weighted by Crippen LogP contribution is 2.44. The fraction of sp³-hybridized carbons (Fsp3) is 0.150. The maximum absolute atomic E-state index is 12.5. The lowest BCUT2D eigenvalue weighted by Gasteiger charge is -2.16. The number of hydrogen-bond acceptors (Lipinski definition) is 6. The third-order valence-electron chi connectivity index (χ3n) is 4.08. The molecule has 0 bridgehead atoms. The van der Waals surface area contributed by atoms with Crippen LogP contribution in [0.1, 0.15) is 11.1 Å². The molecule has 1 saturated heterocycles. The summed E-state index contributed by atoms with van der Waals surface area (Å²) < 4.78 is 12.6. The first-order chi connectivity index (χ1) is 14.3. The normalized spacial score (nSPS) is 15.0. The van der Waals surface area contributed by atoms with E-state index in [0.717, 1.165) is 22.2 Å². The molecule has 2 aromatic carbocycles. The predicted molar refractivity (Wildman–Crippen MR) is 121 cm³/mol. The highest BCUT2D eigenvalue weighted by atomic mass is 79.9. The van der Waals surface area contributed by atoms with Crippen LogP contribution in [0.4, 0.5) is 4.79 Å². The van der Waals surface area contributed by atoms with Crippen LogP contribution in [0.5, 0.6) is 11.5 Å². The largest absolute Gasteiger partial charge is 0.493 e. The van der Waals surface area contributed by atoms with E-state index in [1.165, 1.54) is 7.11 Å². The Morgan fingerprint density at radius 1 is 1.20 bits per heavy atom. The zero-order valence-corrected chi connectivity index (χ0v) is 19.7. The van der Waals surface area contributed by atoms with Gasteiger partial charge in [-0.05, 0) is 66.9 Å². The molecule has 2 N–H and O–H groups in total. The number of thioether (sulfide) groups is 1. The number of rotatable bonds is 7. The first-order valence-electron chi connectivity index (χ1n) is 8.58. The van der Waals surface area contributed by atoms with Crippen LogP contribution in [0, 0.1) is 0 Å². The van der Waals surface area contributed by atoms with Gasteiger partial charge in [0, 0.05) is 4.47 Å². The minimum atomic E-state index is -0.760. The maximum Gasteiger partial charge on any atom is 0.294 e. The molecule has 10 heteroatoms. The summed E-state index contributed by atoms with van der Waals surface area (Å²) in [4.78, 5) is 36.6. The van der Waals surface area contributed by atoms with Gasteiger partial charge < -0.3 is 15.2 Å². The molecule has 1 fully saturated rings. The molecule has 3 rings (SSSR count). The van der Waals surface area contributed by atoms with E-state index in [4.69, 9.17) is 15.2 Å². The Morgan fingerprint density at radius 2 is 1.90 bits per heavy atom. The van der Waals surface area contributed by atoms with Crippen molar-refractivity contribution in [1.29, 1.82) is 0 Å². The third-order valence-corrected chi connectivity index (χ3v) is 7.13. The van der Waals surface area contributed by atoms with Gasteiger partial charge in [-0.25, -0.2) is 0 Å². The fourth-order valence-electron chi connectivity index (χ4n) is 2.66. The average Bonchev–Trinajstić information content (AvgIpc) is 2.98. The molecule has 3 amide bonds. The van der Waals surface area contributed by atoms with Crippen LogP contribution >= 0.6 is 43.6 Å². The second-order valence-electron chi connectivity index (χ2n) is 6.13. The number of primary amides is 1. The van der Waals surface area contributed by atoms with Gasteiger partial charge in [-0.2, -0.15) is 0 Å². The molecule has 1 aliphatic heterocycles. The zero-order chi connectivity index (χ0) is 21.8. The number of ether oxygens (including phenoxy) is 2. The van der Waals surface area contributed by atoms with Crippen LogP contribution in [-0.4, -0.2) is 35.6 Å². The number of carbonyl (C=O) groups excluding carboxylic acids is 3. The average molecular weight is 556 g/mol. The van der Waals surface area contributed by atoms with Crippen LogP contribution in [0.3, 0.4) is 0 Å². The van der Waals surface area contributed by atoms with Crippen molar-refractivity contribution >= 4 is 66.8 Å².